The molecule has 1 saturated carbocycles. The van der Waals surface area contributed by atoms with E-state index in [9.17, 15) is 9.59 Å². The third-order valence-corrected chi connectivity index (χ3v) is 4.32. The fourth-order valence-corrected chi connectivity index (χ4v) is 3.09. The molecular formula is C17H22N2O4. The van der Waals surface area contributed by atoms with Crippen LogP contribution in [0.25, 0.3) is 0 Å². The maximum atomic E-state index is 12.1. The largest absolute Gasteiger partial charge is 0.486 e. The molecule has 0 unspecified atom stereocenters. The van der Waals surface area contributed by atoms with E-state index in [1.165, 1.54) is 19.3 Å². The number of hydrogen-bond acceptors (Lipinski definition) is 4. The van der Waals surface area contributed by atoms with Gasteiger partial charge in [0.1, 0.15) is 13.2 Å². The molecule has 1 fully saturated rings. The van der Waals surface area contributed by atoms with Gasteiger partial charge in [0.2, 0.25) is 5.91 Å². The third kappa shape index (κ3) is 4.15. The predicted octanol–water partition coefficient (Wildman–Crippen LogP) is 2.19. The van der Waals surface area contributed by atoms with Crippen molar-refractivity contribution < 1.29 is 19.1 Å². The van der Waals surface area contributed by atoms with Crippen molar-refractivity contribution in [1.82, 2.24) is 10.9 Å². The highest BCUT2D eigenvalue weighted by atomic mass is 16.6. The van der Waals surface area contributed by atoms with Gasteiger partial charge >= 0.3 is 0 Å². The monoisotopic (exact) mass is 318 g/mol. The van der Waals surface area contributed by atoms with Gasteiger partial charge in [0.25, 0.3) is 5.91 Å². The Balaban J connectivity index is 1.49. The summed E-state index contributed by atoms with van der Waals surface area (Å²) in [5.41, 5.74) is 5.38. The first kappa shape index (κ1) is 15.6. The fraction of sp³-hybridized carbons (Fsp3) is 0.529. The normalized spacial score (nSPS) is 17.4. The third-order valence-electron chi connectivity index (χ3n) is 4.32. The Morgan fingerprint density at radius 1 is 1.00 bits per heavy atom. The highest BCUT2D eigenvalue weighted by molar-refractivity contribution is 5.96. The van der Waals surface area contributed by atoms with Crippen molar-refractivity contribution >= 4 is 11.8 Å². The van der Waals surface area contributed by atoms with Gasteiger partial charge in [0.15, 0.2) is 11.5 Å². The molecule has 6 heteroatoms. The van der Waals surface area contributed by atoms with Crippen LogP contribution in [0.15, 0.2) is 18.2 Å². The Hall–Kier alpha value is -2.24. The van der Waals surface area contributed by atoms with E-state index in [4.69, 9.17) is 9.47 Å². The summed E-state index contributed by atoms with van der Waals surface area (Å²) in [4.78, 5) is 24.0. The molecule has 0 bridgehead atoms. The van der Waals surface area contributed by atoms with E-state index in [0.717, 1.165) is 12.8 Å². The molecule has 23 heavy (non-hydrogen) atoms. The first-order chi connectivity index (χ1) is 11.2. The fourth-order valence-electron chi connectivity index (χ4n) is 3.09. The first-order valence-corrected chi connectivity index (χ1v) is 8.21. The first-order valence-electron chi connectivity index (χ1n) is 8.21. The number of hydrogen-bond donors (Lipinski definition) is 2. The van der Waals surface area contributed by atoms with Gasteiger partial charge in [-0.3, -0.25) is 20.4 Å². The average molecular weight is 318 g/mol. The van der Waals surface area contributed by atoms with Crippen LogP contribution in [0.2, 0.25) is 0 Å². The molecule has 3 rings (SSSR count). The summed E-state index contributed by atoms with van der Waals surface area (Å²) in [6, 6.07) is 4.97. The van der Waals surface area contributed by atoms with Crippen LogP contribution < -0.4 is 20.3 Å². The van der Waals surface area contributed by atoms with Crippen molar-refractivity contribution in [3.8, 4) is 11.5 Å². The molecule has 1 heterocycles. The number of hydrazine groups is 1. The zero-order valence-electron chi connectivity index (χ0n) is 13.1. The molecule has 1 aromatic carbocycles. The van der Waals surface area contributed by atoms with Crippen LogP contribution in [0.3, 0.4) is 0 Å². The summed E-state index contributed by atoms with van der Waals surface area (Å²) >= 11 is 0. The molecule has 2 aliphatic rings. The molecule has 1 aliphatic carbocycles. The molecule has 1 aliphatic heterocycles. The Labute approximate surface area is 135 Å². The molecule has 2 N–H and O–H groups in total. The minimum atomic E-state index is -0.362. The van der Waals surface area contributed by atoms with E-state index in [1.807, 2.05) is 0 Å². The number of ether oxygens (including phenoxy) is 2. The van der Waals surface area contributed by atoms with E-state index >= 15 is 0 Å². The predicted molar refractivity (Wildman–Crippen MR) is 84.2 cm³/mol. The Morgan fingerprint density at radius 3 is 2.52 bits per heavy atom. The van der Waals surface area contributed by atoms with E-state index < -0.39 is 0 Å². The number of nitrogens with one attached hydrogen (secondary N) is 2. The van der Waals surface area contributed by atoms with Crippen LogP contribution in [0, 0.1) is 5.92 Å². The zero-order valence-corrected chi connectivity index (χ0v) is 13.1. The molecule has 124 valence electrons. The van der Waals surface area contributed by atoms with Crippen LogP contribution in [-0.4, -0.2) is 25.0 Å². The highest BCUT2D eigenvalue weighted by Gasteiger charge is 2.18. The minimum Gasteiger partial charge on any atom is -0.486 e. The molecule has 0 aromatic heterocycles. The molecule has 0 radical (unpaired) electrons. The molecule has 0 atom stereocenters. The van der Waals surface area contributed by atoms with Gasteiger partial charge in [-0.25, -0.2) is 0 Å². The summed E-state index contributed by atoms with van der Waals surface area (Å²) in [5.74, 6) is 1.13. The second-order valence-corrected chi connectivity index (χ2v) is 6.07. The second kappa shape index (κ2) is 7.35. The standard InChI is InChI=1S/C17H22N2O4/c20-16(10-12-4-2-1-3-5-12)18-19-17(21)13-6-7-14-15(11-13)23-9-8-22-14/h6-7,11-12H,1-5,8-10H2,(H,18,20)(H,19,21). The van der Waals surface area contributed by atoms with E-state index in [-0.39, 0.29) is 11.8 Å². The van der Waals surface area contributed by atoms with Crippen molar-refractivity contribution in [2.75, 3.05) is 13.2 Å². The average Bonchev–Trinajstić information content (AvgIpc) is 2.60. The summed E-state index contributed by atoms with van der Waals surface area (Å²) in [6.07, 6.45) is 6.33. The van der Waals surface area contributed by atoms with Crippen LogP contribution in [0.5, 0.6) is 11.5 Å². The molecule has 6 nitrogen and oxygen atoms in total. The smallest absolute Gasteiger partial charge is 0.269 e. The van der Waals surface area contributed by atoms with Crippen LogP contribution in [-0.2, 0) is 4.79 Å². The van der Waals surface area contributed by atoms with Gasteiger partial charge in [0, 0.05) is 12.0 Å². The Bertz CT molecular complexity index is 582. The number of fused-ring (bicyclic) bond motifs is 1. The zero-order chi connectivity index (χ0) is 16.1. The maximum Gasteiger partial charge on any atom is 0.269 e. The van der Waals surface area contributed by atoms with Crippen LogP contribution >= 0.6 is 0 Å². The lowest BCUT2D eigenvalue weighted by Gasteiger charge is -2.21. The molecule has 2 amide bonds. The van der Waals surface area contributed by atoms with E-state index in [0.29, 0.717) is 42.6 Å². The molecular weight excluding hydrogens is 296 g/mol. The Kier molecular flexibility index (Phi) is 5.00. The molecule has 0 spiro atoms. The number of carbonyl (C=O) groups excluding carboxylic acids is 2. The summed E-state index contributed by atoms with van der Waals surface area (Å²) in [5, 5.41) is 0. The van der Waals surface area contributed by atoms with Gasteiger partial charge in [0.05, 0.1) is 0 Å². The number of amides is 2. The van der Waals surface area contributed by atoms with E-state index in [2.05, 4.69) is 10.9 Å². The highest BCUT2D eigenvalue weighted by Crippen LogP contribution is 2.30. The lowest BCUT2D eigenvalue weighted by atomic mass is 9.87. The topological polar surface area (TPSA) is 76.7 Å². The minimum absolute atomic E-state index is 0.136. The molecule has 0 saturated heterocycles. The summed E-state index contributed by atoms with van der Waals surface area (Å²) in [7, 11) is 0. The van der Waals surface area contributed by atoms with Gasteiger partial charge in [-0.2, -0.15) is 0 Å². The van der Waals surface area contributed by atoms with Gasteiger partial charge in [-0.1, -0.05) is 19.3 Å². The summed E-state index contributed by atoms with van der Waals surface area (Å²) < 4.78 is 10.9. The number of carbonyl (C=O) groups is 2. The molecule has 1 aromatic rings. The SMILES string of the molecule is O=C(CC1CCCCC1)NNC(=O)c1ccc2c(c1)OCCO2. The number of rotatable bonds is 3. The Morgan fingerprint density at radius 2 is 1.74 bits per heavy atom. The van der Waals surface area contributed by atoms with Gasteiger partial charge < -0.3 is 9.47 Å². The maximum absolute atomic E-state index is 12.1. The van der Waals surface area contributed by atoms with Gasteiger partial charge in [-0.15, -0.1) is 0 Å². The summed E-state index contributed by atoms with van der Waals surface area (Å²) in [6.45, 7) is 0.978. The lowest BCUT2D eigenvalue weighted by molar-refractivity contribution is -0.123. The van der Waals surface area contributed by atoms with Crippen LogP contribution in [0.4, 0.5) is 0 Å². The van der Waals surface area contributed by atoms with Gasteiger partial charge in [-0.05, 0) is 37.0 Å². The van der Waals surface area contributed by atoms with Crippen molar-refractivity contribution in [1.29, 1.82) is 0 Å². The van der Waals surface area contributed by atoms with E-state index in [1.54, 1.807) is 18.2 Å². The van der Waals surface area contributed by atoms with Crippen molar-refractivity contribution in [2.24, 2.45) is 5.92 Å². The quantitative estimate of drug-likeness (QED) is 0.838. The van der Waals surface area contributed by atoms with Crippen molar-refractivity contribution in [3.05, 3.63) is 23.8 Å². The lowest BCUT2D eigenvalue weighted by Crippen LogP contribution is -2.42. The van der Waals surface area contributed by atoms with Crippen molar-refractivity contribution in [3.63, 3.8) is 0 Å². The van der Waals surface area contributed by atoms with Crippen molar-refractivity contribution in [2.45, 2.75) is 38.5 Å². The van der Waals surface area contributed by atoms with Crippen LogP contribution in [0.1, 0.15) is 48.9 Å². The number of benzene rings is 1. The second-order valence-electron chi connectivity index (χ2n) is 6.07.